The van der Waals surface area contributed by atoms with Gasteiger partial charge in [0.25, 0.3) is 6.43 Å². The standard InChI is InChI=1S/C19H13F3N4OS/c20-12-6-10(12)18(27)25-19-24-14-3-1-8(5-15(14)28-19)16-9(17(21)22)2-4-13-11(16)7-23-26-13/h1-5,7,10,12,17H,6H2,(H,23,26)(H,24,25,27)/t10-,12+/m1/s1. The smallest absolute Gasteiger partial charge is 0.264 e. The van der Waals surface area contributed by atoms with E-state index >= 15 is 0 Å². The number of hydrogen-bond acceptors (Lipinski definition) is 4. The molecule has 9 heteroatoms. The highest BCUT2D eigenvalue weighted by atomic mass is 32.1. The van der Waals surface area contributed by atoms with Crippen molar-refractivity contribution < 1.29 is 18.0 Å². The van der Waals surface area contributed by atoms with Crippen LogP contribution in [0.25, 0.3) is 32.2 Å². The van der Waals surface area contributed by atoms with Gasteiger partial charge in [-0.05, 0) is 30.2 Å². The van der Waals surface area contributed by atoms with E-state index in [1.165, 1.54) is 23.6 Å². The zero-order valence-corrected chi connectivity index (χ0v) is 15.1. The number of benzene rings is 2. The van der Waals surface area contributed by atoms with Crippen molar-refractivity contribution in [3.8, 4) is 11.1 Å². The fourth-order valence-corrected chi connectivity index (χ4v) is 4.21. The summed E-state index contributed by atoms with van der Waals surface area (Å²) in [6.07, 6.45) is -1.94. The number of nitrogens with zero attached hydrogens (tertiary/aromatic N) is 2. The minimum atomic E-state index is -2.63. The summed E-state index contributed by atoms with van der Waals surface area (Å²) in [5.41, 5.74) is 2.26. The molecule has 5 rings (SSSR count). The minimum absolute atomic E-state index is 0.0750. The van der Waals surface area contributed by atoms with Gasteiger partial charge in [-0.15, -0.1) is 0 Å². The molecule has 142 valence electrons. The van der Waals surface area contributed by atoms with Crippen LogP contribution in [-0.2, 0) is 4.79 Å². The van der Waals surface area contributed by atoms with Crippen LogP contribution in [0.3, 0.4) is 0 Å². The lowest BCUT2D eigenvalue weighted by Crippen LogP contribution is -2.14. The number of amides is 1. The first-order chi connectivity index (χ1) is 13.5. The van der Waals surface area contributed by atoms with Gasteiger partial charge in [0, 0.05) is 16.5 Å². The van der Waals surface area contributed by atoms with E-state index in [4.69, 9.17) is 0 Å². The number of carbonyl (C=O) groups is 1. The maximum absolute atomic E-state index is 13.6. The van der Waals surface area contributed by atoms with E-state index in [-0.39, 0.29) is 17.9 Å². The van der Waals surface area contributed by atoms with Gasteiger partial charge in [0.1, 0.15) is 6.17 Å². The molecule has 0 unspecified atom stereocenters. The highest BCUT2D eigenvalue weighted by molar-refractivity contribution is 7.22. The topological polar surface area (TPSA) is 70.7 Å². The van der Waals surface area contributed by atoms with Gasteiger partial charge in [-0.3, -0.25) is 9.89 Å². The quantitative estimate of drug-likeness (QED) is 0.500. The van der Waals surface area contributed by atoms with E-state index in [9.17, 15) is 18.0 Å². The van der Waals surface area contributed by atoms with Crippen molar-refractivity contribution in [2.45, 2.75) is 19.0 Å². The summed E-state index contributed by atoms with van der Waals surface area (Å²) in [5.74, 6) is -0.982. The van der Waals surface area contributed by atoms with Crippen LogP contribution in [0.2, 0.25) is 0 Å². The van der Waals surface area contributed by atoms with Gasteiger partial charge in [-0.1, -0.05) is 23.5 Å². The molecule has 0 spiro atoms. The van der Waals surface area contributed by atoms with Gasteiger partial charge in [0.15, 0.2) is 5.13 Å². The molecular formula is C19H13F3N4OS. The van der Waals surface area contributed by atoms with E-state index in [1.54, 1.807) is 24.3 Å². The molecule has 1 amide bonds. The Morgan fingerprint density at radius 2 is 2.11 bits per heavy atom. The average Bonchev–Trinajstić information content (AvgIpc) is 3.06. The fraction of sp³-hybridized carbons (Fsp3) is 0.211. The summed E-state index contributed by atoms with van der Waals surface area (Å²) in [5, 5.41) is 10.4. The highest BCUT2D eigenvalue weighted by Gasteiger charge is 2.43. The molecule has 1 fully saturated rings. The molecule has 1 saturated carbocycles. The molecule has 4 aromatic rings. The molecule has 2 N–H and O–H groups in total. The van der Waals surface area contributed by atoms with E-state index in [1.807, 2.05) is 0 Å². The van der Waals surface area contributed by atoms with Gasteiger partial charge in [0.2, 0.25) is 5.91 Å². The predicted octanol–water partition coefficient (Wildman–Crippen LogP) is 5.07. The van der Waals surface area contributed by atoms with Gasteiger partial charge in [0.05, 0.1) is 27.8 Å². The molecule has 2 aromatic carbocycles. The number of aromatic nitrogens is 3. The van der Waals surface area contributed by atoms with Crippen LogP contribution in [0.15, 0.2) is 36.5 Å². The summed E-state index contributed by atoms with van der Waals surface area (Å²) in [7, 11) is 0. The predicted molar refractivity (Wildman–Crippen MR) is 101 cm³/mol. The fourth-order valence-electron chi connectivity index (χ4n) is 3.31. The Kier molecular flexibility index (Phi) is 3.87. The molecule has 28 heavy (non-hydrogen) atoms. The molecule has 2 heterocycles. The number of alkyl halides is 3. The van der Waals surface area contributed by atoms with Gasteiger partial charge in [-0.25, -0.2) is 18.2 Å². The summed E-state index contributed by atoms with van der Waals surface area (Å²) in [4.78, 5) is 16.2. The molecular weight excluding hydrogens is 389 g/mol. The molecule has 0 bridgehead atoms. The number of nitrogens with one attached hydrogen (secondary N) is 2. The summed E-state index contributed by atoms with van der Waals surface area (Å²) >= 11 is 1.23. The molecule has 2 atom stereocenters. The van der Waals surface area contributed by atoms with Crippen molar-refractivity contribution in [3.05, 3.63) is 42.1 Å². The van der Waals surface area contributed by atoms with Gasteiger partial charge >= 0.3 is 0 Å². The molecule has 2 aromatic heterocycles. The number of fused-ring (bicyclic) bond motifs is 2. The maximum Gasteiger partial charge on any atom is 0.264 e. The molecule has 0 radical (unpaired) electrons. The Morgan fingerprint density at radius 3 is 2.86 bits per heavy atom. The lowest BCUT2D eigenvalue weighted by Gasteiger charge is -2.10. The average molecular weight is 402 g/mol. The number of aromatic amines is 1. The largest absolute Gasteiger partial charge is 0.302 e. The van der Waals surface area contributed by atoms with Gasteiger partial charge < -0.3 is 5.32 Å². The summed E-state index contributed by atoms with van der Waals surface area (Å²) in [6, 6.07) is 8.19. The number of rotatable bonds is 4. The third-order valence-corrected chi connectivity index (χ3v) is 5.78. The first-order valence-corrected chi connectivity index (χ1v) is 9.43. The van der Waals surface area contributed by atoms with Crippen LogP contribution in [0.1, 0.15) is 18.4 Å². The Morgan fingerprint density at radius 1 is 1.29 bits per heavy atom. The first-order valence-electron chi connectivity index (χ1n) is 8.61. The number of halogens is 3. The van der Waals surface area contributed by atoms with Crippen molar-refractivity contribution in [3.63, 3.8) is 0 Å². The zero-order chi connectivity index (χ0) is 19.4. The number of hydrogen-bond donors (Lipinski definition) is 2. The number of thiazole rings is 1. The SMILES string of the molecule is O=C(Nc1nc2ccc(-c3c(C(F)F)ccc4[nH]ncc34)cc2s1)[C@@H]1C[C@@H]1F. The third kappa shape index (κ3) is 2.82. The second kappa shape index (κ2) is 6.30. The van der Waals surface area contributed by atoms with Crippen molar-refractivity contribution >= 4 is 43.5 Å². The first kappa shape index (κ1) is 17.2. The molecule has 1 aliphatic rings. The Labute approximate surface area is 160 Å². The summed E-state index contributed by atoms with van der Waals surface area (Å²) < 4.78 is 41.0. The zero-order valence-electron chi connectivity index (χ0n) is 14.2. The van der Waals surface area contributed by atoms with Crippen LogP contribution in [0, 0.1) is 5.92 Å². The molecule has 0 aliphatic heterocycles. The normalized spacial score (nSPS) is 18.9. The molecule has 5 nitrogen and oxygen atoms in total. The Bertz CT molecular complexity index is 1220. The lowest BCUT2D eigenvalue weighted by molar-refractivity contribution is -0.117. The van der Waals surface area contributed by atoms with E-state index in [2.05, 4.69) is 20.5 Å². The number of carbonyl (C=O) groups excluding carboxylic acids is 1. The van der Waals surface area contributed by atoms with Crippen molar-refractivity contribution in [2.75, 3.05) is 5.32 Å². The van der Waals surface area contributed by atoms with E-state index in [0.717, 1.165) is 4.70 Å². The maximum atomic E-state index is 13.6. The second-order valence-corrected chi connectivity index (χ2v) is 7.74. The third-order valence-electron chi connectivity index (χ3n) is 4.85. The van der Waals surface area contributed by atoms with Gasteiger partial charge in [-0.2, -0.15) is 5.10 Å². The van der Waals surface area contributed by atoms with Crippen LogP contribution in [0.4, 0.5) is 18.3 Å². The van der Waals surface area contributed by atoms with Crippen molar-refractivity contribution in [1.82, 2.24) is 15.2 Å². The lowest BCUT2D eigenvalue weighted by atomic mass is 9.96. The van der Waals surface area contributed by atoms with Crippen LogP contribution < -0.4 is 5.32 Å². The van der Waals surface area contributed by atoms with Crippen LogP contribution in [0.5, 0.6) is 0 Å². The minimum Gasteiger partial charge on any atom is -0.302 e. The highest BCUT2D eigenvalue weighted by Crippen LogP contribution is 2.39. The van der Waals surface area contributed by atoms with Crippen molar-refractivity contribution in [2.24, 2.45) is 5.92 Å². The second-order valence-electron chi connectivity index (χ2n) is 6.71. The van der Waals surface area contributed by atoms with Crippen molar-refractivity contribution in [1.29, 1.82) is 0 Å². The molecule has 0 saturated heterocycles. The van der Waals surface area contributed by atoms with E-state index in [0.29, 0.717) is 32.7 Å². The molecule has 1 aliphatic carbocycles. The number of H-pyrrole nitrogens is 1. The Balaban J connectivity index is 1.57. The Hall–Kier alpha value is -2.94. The summed E-state index contributed by atoms with van der Waals surface area (Å²) in [6.45, 7) is 0. The van der Waals surface area contributed by atoms with Crippen LogP contribution >= 0.6 is 11.3 Å². The van der Waals surface area contributed by atoms with Crippen LogP contribution in [-0.4, -0.2) is 27.3 Å². The van der Waals surface area contributed by atoms with E-state index < -0.39 is 18.5 Å². The monoisotopic (exact) mass is 402 g/mol. The number of anilines is 1.